The van der Waals surface area contributed by atoms with Gasteiger partial charge in [0.1, 0.15) is 12.4 Å². The number of carbonyl (C=O) groups excluding carboxylic acids is 1. The number of para-hydroxylation sites is 1. The molecule has 0 unspecified atom stereocenters. The van der Waals surface area contributed by atoms with Crippen molar-refractivity contribution in [3.63, 3.8) is 0 Å². The fourth-order valence-corrected chi connectivity index (χ4v) is 2.90. The molecule has 0 aliphatic rings. The van der Waals surface area contributed by atoms with Crippen LogP contribution in [0.15, 0.2) is 76.3 Å². The number of rotatable bonds is 8. The zero-order chi connectivity index (χ0) is 21.3. The summed E-state index contributed by atoms with van der Waals surface area (Å²) in [5.74, 6) is 0.481. The first-order valence-corrected chi connectivity index (χ1v) is 10.1. The summed E-state index contributed by atoms with van der Waals surface area (Å²) >= 11 is 3.40. The highest BCUT2D eigenvalue weighted by atomic mass is 79.9. The zero-order valence-electron chi connectivity index (χ0n) is 16.3. The lowest BCUT2D eigenvalue weighted by atomic mass is 10.2. The van der Waals surface area contributed by atoms with Gasteiger partial charge in [0.15, 0.2) is 11.5 Å². The summed E-state index contributed by atoms with van der Waals surface area (Å²) < 4.78 is 12.1. The number of amides is 1. The van der Waals surface area contributed by atoms with Gasteiger partial charge in [0, 0.05) is 4.47 Å². The molecule has 6 nitrogen and oxygen atoms in total. The fourth-order valence-electron chi connectivity index (χ4n) is 2.64. The van der Waals surface area contributed by atoms with E-state index in [-0.39, 0.29) is 5.75 Å². The van der Waals surface area contributed by atoms with Gasteiger partial charge in [-0.05, 0) is 60.5 Å². The second-order valence-corrected chi connectivity index (χ2v) is 7.19. The van der Waals surface area contributed by atoms with Gasteiger partial charge in [-0.25, -0.2) is 5.43 Å². The van der Waals surface area contributed by atoms with E-state index < -0.39 is 5.91 Å². The third kappa shape index (κ3) is 5.84. The van der Waals surface area contributed by atoms with Crippen molar-refractivity contribution in [2.45, 2.75) is 13.5 Å². The van der Waals surface area contributed by atoms with E-state index in [0.29, 0.717) is 35.8 Å². The van der Waals surface area contributed by atoms with Gasteiger partial charge in [-0.15, -0.1) is 0 Å². The maximum Gasteiger partial charge on any atom is 0.275 e. The fraction of sp³-hybridized carbons (Fsp3) is 0.130. The molecule has 3 rings (SSSR count). The van der Waals surface area contributed by atoms with Crippen LogP contribution in [0.1, 0.15) is 28.4 Å². The van der Waals surface area contributed by atoms with Crippen molar-refractivity contribution in [1.29, 1.82) is 0 Å². The largest absolute Gasteiger partial charge is 0.504 e. The van der Waals surface area contributed by atoms with E-state index in [1.807, 2.05) is 31.2 Å². The lowest BCUT2D eigenvalue weighted by molar-refractivity contribution is 0.0950. The number of phenols is 1. The third-order valence-electron chi connectivity index (χ3n) is 4.10. The molecule has 30 heavy (non-hydrogen) atoms. The molecule has 0 spiro atoms. The highest BCUT2D eigenvalue weighted by Crippen LogP contribution is 2.26. The summed E-state index contributed by atoms with van der Waals surface area (Å²) in [5.41, 5.74) is 4.47. The van der Waals surface area contributed by atoms with Crippen molar-refractivity contribution in [3.8, 4) is 17.2 Å². The van der Waals surface area contributed by atoms with Crippen molar-refractivity contribution in [2.24, 2.45) is 5.10 Å². The number of ether oxygens (including phenoxy) is 2. The molecule has 3 aromatic rings. The molecule has 0 aliphatic heterocycles. The Labute approximate surface area is 183 Å². The standard InChI is InChI=1S/C23H21BrN2O4/c1-2-29-22-12-9-17(13-20(22)27)14-25-26-23(28)19-5-3-4-6-21(19)30-15-16-7-10-18(24)11-8-16/h3-14,27H,2,15H2,1H3,(H,26,28). The summed E-state index contributed by atoms with van der Waals surface area (Å²) in [6.45, 7) is 2.64. The number of phenolic OH excluding ortho intramolecular Hbond substituents is 1. The van der Waals surface area contributed by atoms with Crippen LogP contribution in [0.25, 0.3) is 0 Å². The first-order valence-electron chi connectivity index (χ1n) is 9.32. The van der Waals surface area contributed by atoms with Crippen LogP contribution in [-0.4, -0.2) is 23.8 Å². The Balaban J connectivity index is 1.63. The molecule has 0 heterocycles. The molecule has 0 atom stereocenters. The molecular formula is C23H21BrN2O4. The van der Waals surface area contributed by atoms with Gasteiger partial charge >= 0.3 is 0 Å². The second kappa shape index (κ2) is 10.5. The van der Waals surface area contributed by atoms with E-state index in [9.17, 15) is 9.90 Å². The van der Waals surface area contributed by atoms with Crippen molar-refractivity contribution < 1.29 is 19.4 Å². The second-order valence-electron chi connectivity index (χ2n) is 6.27. The van der Waals surface area contributed by atoms with Crippen LogP contribution in [0.4, 0.5) is 0 Å². The van der Waals surface area contributed by atoms with Gasteiger partial charge in [-0.3, -0.25) is 4.79 Å². The number of hydrazone groups is 1. The topological polar surface area (TPSA) is 80.2 Å². The van der Waals surface area contributed by atoms with Crippen LogP contribution >= 0.6 is 15.9 Å². The lowest BCUT2D eigenvalue weighted by Gasteiger charge is -2.10. The average molecular weight is 469 g/mol. The van der Waals surface area contributed by atoms with Crippen molar-refractivity contribution in [1.82, 2.24) is 5.43 Å². The van der Waals surface area contributed by atoms with E-state index in [1.165, 1.54) is 12.3 Å². The Morgan fingerprint density at radius 1 is 1.07 bits per heavy atom. The normalized spacial score (nSPS) is 10.7. The molecule has 0 saturated carbocycles. The van der Waals surface area contributed by atoms with Gasteiger partial charge in [-0.2, -0.15) is 5.10 Å². The Morgan fingerprint density at radius 2 is 1.83 bits per heavy atom. The first-order chi connectivity index (χ1) is 14.6. The maximum absolute atomic E-state index is 12.5. The average Bonchev–Trinajstić information content (AvgIpc) is 2.75. The number of halogens is 1. The summed E-state index contributed by atoms with van der Waals surface area (Å²) in [6, 6.07) is 19.6. The molecule has 2 N–H and O–H groups in total. The van der Waals surface area contributed by atoms with Crippen molar-refractivity contribution in [2.75, 3.05) is 6.61 Å². The monoisotopic (exact) mass is 468 g/mol. The SMILES string of the molecule is CCOc1ccc(C=NNC(=O)c2ccccc2OCc2ccc(Br)cc2)cc1O. The van der Waals surface area contributed by atoms with Crippen LogP contribution in [0.3, 0.4) is 0 Å². The third-order valence-corrected chi connectivity index (χ3v) is 4.63. The van der Waals surface area contributed by atoms with Gasteiger partial charge in [0.25, 0.3) is 5.91 Å². The van der Waals surface area contributed by atoms with Crippen LogP contribution in [0.2, 0.25) is 0 Å². The lowest BCUT2D eigenvalue weighted by Crippen LogP contribution is -2.18. The van der Waals surface area contributed by atoms with Crippen LogP contribution in [0.5, 0.6) is 17.2 Å². The Bertz CT molecular complexity index is 1040. The zero-order valence-corrected chi connectivity index (χ0v) is 17.9. The van der Waals surface area contributed by atoms with E-state index in [2.05, 4.69) is 26.5 Å². The smallest absolute Gasteiger partial charge is 0.275 e. The number of aromatic hydroxyl groups is 1. The van der Waals surface area contributed by atoms with Gasteiger partial charge in [0.05, 0.1) is 18.4 Å². The van der Waals surface area contributed by atoms with Crippen LogP contribution in [-0.2, 0) is 6.61 Å². The summed E-state index contributed by atoms with van der Waals surface area (Å²) in [4.78, 5) is 12.5. The van der Waals surface area contributed by atoms with E-state index >= 15 is 0 Å². The number of hydrogen-bond acceptors (Lipinski definition) is 5. The number of carbonyl (C=O) groups is 1. The van der Waals surface area contributed by atoms with Crippen molar-refractivity contribution in [3.05, 3.63) is 87.9 Å². The van der Waals surface area contributed by atoms with E-state index in [4.69, 9.17) is 9.47 Å². The maximum atomic E-state index is 12.5. The molecule has 0 bridgehead atoms. The van der Waals surface area contributed by atoms with Gasteiger partial charge in [0.2, 0.25) is 0 Å². The Morgan fingerprint density at radius 3 is 2.57 bits per heavy atom. The van der Waals surface area contributed by atoms with E-state index in [0.717, 1.165) is 10.0 Å². The minimum Gasteiger partial charge on any atom is -0.504 e. The minimum absolute atomic E-state index is 0.0128. The number of nitrogens with one attached hydrogen (secondary N) is 1. The molecule has 154 valence electrons. The van der Waals surface area contributed by atoms with Gasteiger partial charge in [-0.1, -0.05) is 40.2 Å². The molecule has 0 saturated heterocycles. The van der Waals surface area contributed by atoms with Crippen LogP contribution in [0, 0.1) is 0 Å². The molecule has 7 heteroatoms. The minimum atomic E-state index is -0.396. The van der Waals surface area contributed by atoms with Crippen LogP contribution < -0.4 is 14.9 Å². The predicted octanol–water partition coefficient (Wildman–Crippen LogP) is 4.90. The Kier molecular flexibility index (Phi) is 7.45. The molecule has 0 aromatic heterocycles. The van der Waals surface area contributed by atoms with Gasteiger partial charge < -0.3 is 14.6 Å². The molecule has 0 aliphatic carbocycles. The molecule has 1 amide bonds. The Hall–Kier alpha value is -3.32. The quantitative estimate of drug-likeness (QED) is 0.364. The highest BCUT2D eigenvalue weighted by Gasteiger charge is 2.11. The first kappa shape index (κ1) is 21.4. The summed E-state index contributed by atoms with van der Waals surface area (Å²) in [5, 5.41) is 13.9. The molecular weight excluding hydrogens is 448 g/mol. The summed E-state index contributed by atoms with van der Waals surface area (Å²) in [7, 11) is 0. The number of benzene rings is 3. The molecule has 0 radical (unpaired) electrons. The van der Waals surface area contributed by atoms with E-state index in [1.54, 1.807) is 36.4 Å². The number of nitrogens with zero attached hydrogens (tertiary/aromatic N) is 1. The van der Waals surface area contributed by atoms with Crippen molar-refractivity contribution >= 4 is 28.1 Å². The highest BCUT2D eigenvalue weighted by molar-refractivity contribution is 9.10. The number of hydrogen-bond donors (Lipinski definition) is 2. The predicted molar refractivity (Wildman–Crippen MR) is 119 cm³/mol. The molecule has 0 fully saturated rings. The molecule has 3 aromatic carbocycles. The summed E-state index contributed by atoms with van der Waals surface area (Å²) in [6.07, 6.45) is 1.44.